The highest BCUT2D eigenvalue weighted by Crippen LogP contribution is 2.50. The molecule has 0 bridgehead atoms. The molecule has 41 heteroatoms. The average molecular weight is 1850 g/mol. The van der Waals surface area contributed by atoms with E-state index in [9.17, 15) is 95.5 Å². The van der Waals surface area contributed by atoms with Gasteiger partial charge in [0, 0.05) is 121 Å². The van der Waals surface area contributed by atoms with Gasteiger partial charge in [0.1, 0.15) is 52.6 Å². The zero-order chi connectivity index (χ0) is 91.9. The quantitative estimate of drug-likeness (QED) is 0.0127. The molecule has 35 nitrogen and oxygen atoms in total. The Labute approximate surface area is 718 Å². The molecule has 125 heavy (non-hydrogen) atoms. The minimum atomic E-state index is -4.09. The van der Waals surface area contributed by atoms with Crippen LogP contribution in [0.2, 0.25) is 0 Å². The van der Waals surface area contributed by atoms with Crippen LogP contribution in [0, 0.1) is 0 Å². The van der Waals surface area contributed by atoms with Crippen LogP contribution < -0.4 is 34.4 Å². The number of hydrogen-bond donors (Lipinski definition) is 15. The van der Waals surface area contributed by atoms with Crippen molar-refractivity contribution >= 4 is 186 Å². The highest BCUT2D eigenvalue weighted by molar-refractivity contribution is 7.93. The maximum atomic E-state index is 13.7. The van der Waals surface area contributed by atoms with Gasteiger partial charge in [-0.15, -0.1) is 0 Å². The van der Waals surface area contributed by atoms with Gasteiger partial charge in [-0.1, -0.05) is 74.9 Å². The summed E-state index contributed by atoms with van der Waals surface area (Å²) in [5.74, 6) is -6.51. The Kier molecular flexibility index (Phi) is 34.7. The smallest absolute Gasteiger partial charge is 0.373 e. The van der Waals surface area contributed by atoms with E-state index in [0.717, 1.165) is 18.9 Å². The molecule has 0 heterocycles. The molecule has 0 radical (unpaired) electrons. The fourth-order valence-electron chi connectivity index (χ4n) is 15.2. The summed E-state index contributed by atoms with van der Waals surface area (Å²) in [4.78, 5) is 64.5. The molecule has 4 unspecified atom stereocenters. The molecule has 676 valence electrons. The SMILES string of the molecule is CC(N)CCCCS(=O)(=O)c1cc(S(=O)(=O)CCCCC(N)C(=O)O)c2ccc3c(O)cc(O)c4ccc1c2c43.NCCCCCCS(=O)(=O)c1cc(S(=O)(=O)CCCCCC(N)C(=O)O)c2ccc3c(O)cc(O)c4ccc1c2c43.NCCCCS(=O)(=O)c1cc(S(=O)(=O)CCCC(N)C(=O)O)c2ccc3c(O)cc(O)c4ccc1c2c43.O.O=C=O.O=C=O. The maximum Gasteiger partial charge on any atom is 0.373 e. The third kappa shape index (κ3) is 23.3. The van der Waals surface area contributed by atoms with E-state index >= 15 is 0 Å². The summed E-state index contributed by atoms with van der Waals surface area (Å²) in [6, 6.07) is 22.3. The molecule has 0 aliphatic rings. The lowest BCUT2D eigenvalue weighted by molar-refractivity contribution is -0.193. The predicted octanol–water partition coefficient (Wildman–Crippen LogP) is 8.16. The van der Waals surface area contributed by atoms with E-state index in [1.54, 1.807) is 48.5 Å². The molecular weight excluding hydrogens is 1750 g/mol. The molecular formula is C84H100N6O29S6. The fraction of sp³-hybridized carbons (Fsp3) is 0.369. The number of phenolic OH excluding ortho intramolecular Hbond substituents is 6. The molecule has 0 fully saturated rings. The molecule has 0 aliphatic carbocycles. The zero-order valence-corrected chi connectivity index (χ0v) is 72.7. The Morgan fingerprint density at radius 3 is 0.680 bits per heavy atom. The van der Waals surface area contributed by atoms with Gasteiger partial charge in [0.2, 0.25) is 0 Å². The Balaban J connectivity index is 0.000000248. The van der Waals surface area contributed by atoms with Gasteiger partial charge in [-0.25, -0.2) is 50.5 Å². The molecule has 0 amide bonds. The van der Waals surface area contributed by atoms with Crippen molar-refractivity contribution in [2.45, 2.75) is 176 Å². The third-order valence-corrected chi connectivity index (χ3v) is 32.4. The van der Waals surface area contributed by atoms with Crippen molar-refractivity contribution in [3.8, 4) is 34.5 Å². The average Bonchev–Trinajstić information content (AvgIpc) is 0.720. The molecule has 0 saturated heterocycles. The number of nitrogens with two attached hydrogens (primary N) is 6. The highest BCUT2D eigenvalue weighted by atomic mass is 32.2. The second kappa shape index (κ2) is 42.9. The number of sulfone groups is 6. The molecule has 0 aliphatic heterocycles. The van der Waals surface area contributed by atoms with Crippen molar-refractivity contribution in [2.24, 2.45) is 34.4 Å². The summed E-state index contributed by atoms with van der Waals surface area (Å²) in [7, 11) is -23.9. The number of carboxylic acids is 3. The van der Waals surface area contributed by atoms with Crippen LogP contribution in [0.4, 0.5) is 0 Å². The maximum absolute atomic E-state index is 13.7. The molecule has 0 spiro atoms. The first-order valence-corrected chi connectivity index (χ1v) is 49.2. The Bertz CT molecular complexity index is 6690. The lowest BCUT2D eigenvalue weighted by Gasteiger charge is -2.19. The van der Waals surface area contributed by atoms with Crippen LogP contribution in [0.1, 0.15) is 122 Å². The van der Waals surface area contributed by atoms with Gasteiger partial charge in [-0.3, -0.25) is 14.4 Å². The largest absolute Gasteiger partial charge is 0.507 e. The fourth-order valence-corrected chi connectivity index (χ4v) is 25.0. The number of aliphatic carboxylic acids is 3. The number of carbonyl (C=O) groups is 3. The third-order valence-electron chi connectivity index (χ3n) is 21.4. The molecule has 23 N–H and O–H groups in total. The minimum absolute atomic E-state index is 0. The van der Waals surface area contributed by atoms with Gasteiger partial charge in [-0.2, -0.15) is 19.2 Å². The van der Waals surface area contributed by atoms with Crippen molar-refractivity contribution in [2.75, 3.05) is 47.6 Å². The second-order valence-corrected chi connectivity index (χ2v) is 42.6. The van der Waals surface area contributed by atoms with Crippen molar-refractivity contribution < 1.29 is 136 Å². The van der Waals surface area contributed by atoms with Crippen molar-refractivity contribution in [3.63, 3.8) is 0 Å². The number of unbranched alkanes of at least 4 members (excludes halogenated alkanes) is 8. The van der Waals surface area contributed by atoms with Crippen molar-refractivity contribution in [3.05, 3.63) is 109 Å². The topological polar surface area (TPSA) is 694 Å². The monoisotopic (exact) mass is 1850 g/mol. The van der Waals surface area contributed by atoms with Crippen LogP contribution in [0.25, 0.3) is 97.0 Å². The normalized spacial score (nSPS) is 13.1. The number of carbonyl (C=O) groups excluding carboxylic acids is 4. The number of rotatable bonds is 39. The van der Waals surface area contributed by atoms with Crippen LogP contribution in [0.15, 0.2) is 139 Å². The molecule has 0 aromatic heterocycles. The van der Waals surface area contributed by atoms with E-state index in [1.165, 1.54) is 54.6 Å². The molecule has 12 rings (SSSR count). The minimum Gasteiger partial charge on any atom is -0.507 e. The molecule has 12 aromatic carbocycles. The van der Waals surface area contributed by atoms with Gasteiger partial charge in [0.15, 0.2) is 59.0 Å². The summed E-state index contributed by atoms with van der Waals surface area (Å²) in [6.45, 7) is 2.67. The summed E-state index contributed by atoms with van der Waals surface area (Å²) < 4.78 is 163. The van der Waals surface area contributed by atoms with E-state index < -0.39 is 101 Å². The first kappa shape index (κ1) is 101. The van der Waals surface area contributed by atoms with E-state index in [4.69, 9.17) is 68.9 Å². The van der Waals surface area contributed by atoms with E-state index in [2.05, 4.69) is 0 Å². The van der Waals surface area contributed by atoms with E-state index in [1.807, 2.05) is 6.92 Å². The van der Waals surface area contributed by atoms with Crippen LogP contribution >= 0.6 is 0 Å². The first-order chi connectivity index (χ1) is 58.3. The van der Waals surface area contributed by atoms with E-state index in [0.29, 0.717) is 145 Å². The summed E-state index contributed by atoms with van der Waals surface area (Å²) >= 11 is 0. The summed E-state index contributed by atoms with van der Waals surface area (Å²) in [5, 5.41) is 96.0. The van der Waals surface area contributed by atoms with Gasteiger partial charge in [0.05, 0.1) is 63.9 Å². The Morgan fingerprint density at radius 2 is 0.448 bits per heavy atom. The van der Waals surface area contributed by atoms with Gasteiger partial charge >= 0.3 is 30.2 Å². The Morgan fingerprint density at radius 1 is 0.280 bits per heavy atom. The summed E-state index contributed by atoms with van der Waals surface area (Å²) in [6.07, 6.45) is 7.18. The summed E-state index contributed by atoms with van der Waals surface area (Å²) in [5.41, 5.74) is 33.4. The number of benzene rings is 12. The lowest BCUT2D eigenvalue weighted by atomic mass is 9.93. The molecule has 0 saturated carbocycles. The second-order valence-electron chi connectivity index (χ2n) is 30.2. The van der Waals surface area contributed by atoms with Crippen molar-refractivity contribution in [1.29, 1.82) is 0 Å². The van der Waals surface area contributed by atoms with E-state index in [-0.39, 0.29) is 184 Å². The van der Waals surface area contributed by atoms with Crippen LogP contribution in [0.3, 0.4) is 0 Å². The molecule has 4 atom stereocenters. The number of hydrogen-bond acceptors (Lipinski definition) is 31. The number of aromatic hydroxyl groups is 6. The lowest BCUT2D eigenvalue weighted by Crippen LogP contribution is -2.30. The predicted molar refractivity (Wildman–Crippen MR) is 468 cm³/mol. The first-order valence-electron chi connectivity index (χ1n) is 39.3. The molecule has 12 aromatic rings. The van der Waals surface area contributed by atoms with Crippen LogP contribution in [0.5, 0.6) is 34.5 Å². The van der Waals surface area contributed by atoms with Crippen LogP contribution in [-0.2, 0) is 92.6 Å². The number of carboxylic acid groups (broad SMARTS) is 3. The highest BCUT2D eigenvalue weighted by Gasteiger charge is 2.33. The zero-order valence-electron chi connectivity index (χ0n) is 67.8. The Hall–Kier alpha value is -10.9. The van der Waals surface area contributed by atoms with Gasteiger partial charge in [0.25, 0.3) is 0 Å². The van der Waals surface area contributed by atoms with Gasteiger partial charge in [-0.05, 0) is 152 Å². The standard InChI is InChI=1S/C29H36N2O8S2.C28H34N2O8S2.C25H28N2O8S2.2CO2.H2O/c30-13-5-1-2-6-14-40(36,37)25-17-26(41(38,39)15-7-3-4-8-22(31)29(34)35)21-12-10-19-24(33)16-23(32)18-9-11-20(25)28(21)27(18)19;1-16(29)6-2-4-12-39(35,36)24-15-25(40(37,38)13-5-3-7-21(30)28(33)34)20-11-9-18-23(32)14-22(31)17-8-10-19(24)27(20)26(17)18;26-9-1-2-10-36(32,33)21-13-22(37(34,35)11-3-4-18(27)25(30)31)17-8-6-15-20(29)12-19(28)14-5-7-16(21)24(17)23(14)15;2*2-1-3;/h9-12,16-17,22,32-33H,1-8,13-15,30-31H2,(H,34,35);8-11,14-16,21,31-32H,2-7,12-13,29-30H2,1H3,(H,33,34);5-8,12-13,18,28-29H,1-4,9-11,26-27H2,(H,30,31);;;1H2. The van der Waals surface area contributed by atoms with Gasteiger partial charge < -0.3 is 85.8 Å². The van der Waals surface area contributed by atoms with Crippen LogP contribution in [-0.4, -0.2) is 204 Å². The number of phenols is 6. The van der Waals surface area contributed by atoms with Crippen molar-refractivity contribution in [1.82, 2.24) is 0 Å².